The van der Waals surface area contributed by atoms with Gasteiger partial charge in [0, 0.05) is 24.1 Å². The first-order valence-electron chi connectivity index (χ1n) is 6.18. The van der Waals surface area contributed by atoms with Crippen LogP contribution in [-0.2, 0) is 0 Å². The molecule has 0 radical (unpaired) electrons. The number of nitrogens with two attached hydrogens (primary N) is 2. The molecule has 98 valence electrons. The van der Waals surface area contributed by atoms with Crippen molar-refractivity contribution in [2.45, 2.75) is 18.6 Å². The van der Waals surface area contributed by atoms with Gasteiger partial charge in [-0.3, -0.25) is 4.79 Å². The molecule has 1 aliphatic rings. The fourth-order valence-corrected chi connectivity index (χ4v) is 3.41. The first kappa shape index (κ1) is 13.1. The Hall–Kier alpha value is -1.36. The average molecular weight is 265 g/mol. The Bertz CT molecular complexity index is 450. The number of benzene rings is 1. The molecule has 0 aliphatic carbocycles. The van der Waals surface area contributed by atoms with Crippen LogP contribution in [0.1, 0.15) is 23.7 Å². The molecule has 1 aromatic carbocycles. The van der Waals surface area contributed by atoms with E-state index in [1.807, 2.05) is 23.9 Å². The van der Waals surface area contributed by atoms with Crippen molar-refractivity contribution in [2.24, 2.45) is 5.73 Å². The predicted molar refractivity (Wildman–Crippen MR) is 78.1 cm³/mol. The van der Waals surface area contributed by atoms with E-state index in [4.69, 9.17) is 11.5 Å². The third-order valence-electron chi connectivity index (χ3n) is 3.28. The summed E-state index contributed by atoms with van der Waals surface area (Å²) in [5, 5.41) is 0.635. The fourth-order valence-electron chi connectivity index (χ4n) is 2.23. The number of nitrogen functional groups attached to an aromatic ring is 1. The van der Waals surface area contributed by atoms with E-state index in [2.05, 4.69) is 11.8 Å². The molecule has 1 aromatic rings. The number of primary amides is 1. The number of anilines is 2. The van der Waals surface area contributed by atoms with Gasteiger partial charge in [0.05, 0.1) is 16.9 Å². The second kappa shape index (κ2) is 5.52. The van der Waals surface area contributed by atoms with Gasteiger partial charge in [0.25, 0.3) is 5.91 Å². The van der Waals surface area contributed by atoms with Gasteiger partial charge < -0.3 is 16.4 Å². The number of hydrogen-bond acceptors (Lipinski definition) is 4. The molecule has 1 fully saturated rings. The largest absolute Gasteiger partial charge is 0.396 e. The van der Waals surface area contributed by atoms with Gasteiger partial charge in [0.15, 0.2) is 0 Å². The lowest BCUT2D eigenvalue weighted by Gasteiger charge is -2.34. The SMILES string of the molecule is CCC1CN(c2cccc(C(N)=O)c2N)CCS1. The predicted octanol–water partition coefficient (Wildman–Crippen LogP) is 1.70. The Kier molecular flexibility index (Phi) is 4.01. The average Bonchev–Trinajstić information content (AvgIpc) is 2.38. The number of para-hydroxylation sites is 1. The third kappa shape index (κ3) is 2.56. The molecule has 0 bridgehead atoms. The van der Waals surface area contributed by atoms with Crippen LogP contribution in [0, 0.1) is 0 Å². The van der Waals surface area contributed by atoms with Crippen molar-refractivity contribution < 1.29 is 4.79 Å². The highest BCUT2D eigenvalue weighted by Crippen LogP contribution is 2.31. The number of nitrogens with zero attached hydrogens (tertiary/aromatic N) is 1. The van der Waals surface area contributed by atoms with Gasteiger partial charge in [0.2, 0.25) is 0 Å². The van der Waals surface area contributed by atoms with Crippen LogP contribution in [0.5, 0.6) is 0 Å². The summed E-state index contributed by atoms with van der Waals surface area (Å²) in [5.74, 6) is 0.631. The van der Waals surface area contributed by atoms with E-state index in [0.717, 1.165) is 31.0 Å². The fraction of sp³-hybridized carbons (Fsp3) is 0.462. The maximum absolute atomic E-state index is 11.3. The van der Waals surface area contributed by atoms with Gasteiger partial charge in [-0.25, -0.2) is 0 Å². The lowest BCUT2D eigenvalue weighted by atomic mass is 10.1. The summed E-state index contributed by atoms with van der Waals surface area (Å²) < 4.78 is 0. The molecule has 0 aromatic heterocycles. The van der Waals surface area contributed by atoms with Crippen LogP contribution in [0.25, 0.3) is 0 Å². The van der Waals surface area contributed by atoms with Crippen molar-refractivity contribution in [1.82, 2.24) is 0 Å². The number of carbonyl (C=O) groups excluding carboxylic acids is 1. The van der Waals surface area contributed by atoms with Crippen LogP contribution in [0.4, 0.5) is 11.4 Å². The third-order valence-corrected chi connectivity index (χ3v) is 4.66. The number of carbonyl (C=O) groups is 1. The van der Waals surface area contributed by atoms with Crippen LogP contribution in [-0.4, -0.2) is 30.0 Å². The van der Waals surface area contributed by atoms with E-state index >= 15 is 0 Å². The Labute approximate surface area is 112 Å². The number of amides is 1. The van der Waals surface area contributed by atoms with Gasteiger partial charge >= 0.3 is 0 Å². The molecule has 1 heterocycles. The van der Waals surface area contributed by atoms with Crippen molar-refractivity contribution in [2.75, 3.05) is 29.5 Å². The highest BCUT2D eigenvalue weighted by atomic mass is 32.2. The van der Waals surface area contributed by atoms with Crippen LogP contribution >= 0.6 is 11.8 Å². The highest BCUT2D eigenvalue weighted by Gasteiger charge is 2.22. The van der Waals surface area contributed by atoms with E-state index < -0.39 is 5.91 Å². The zero-order chi connectivity index (χ0) is 13.1. The molecule has 1 atom stereocenters. The molecule has 4 nitrogen and oxygen atoms in total. The molecule has 1 amide bonds. The summed E-state index contributed by atoms with van der Waals surface area (Å²) in [6, 6.07) is 5.48. The van der Waals surface area contributed by atoms with Crippen molar-refractivity contribution >= 4 is 29.0 Å². The molecule has 18 heavy (non-hydrogen) atoms. The zero-order valence-electron chi connectivity index (χ0n) is 10.6. The molecule has 0 spiro atoms. The molecule has 4 N–H and O–H groups in total. The molecule has 1 unspecified atom stereocenters. The number of hydrogen-bond donors (Lipinski definition) is 2. The Morgan fingerprint density at radius 2 is 2.33 bits per heavy atom. The van der Waals surface area contributed by atoms with Gasteiger partial charge in [-0.1, -0.05) is 13.0 Å². The van der Waals surface area contributed by atoms with Crippen molar-refractivity contribution in [3.8, 4) is 0 Å². The Morgan fingerprint density at radius 1 is 1.56 bits per heavy atom. The van der Waals surface area contributed by atoms with Crippen molar-refractivity contribution in [3.63, 3.8) is 0 Å². The Morgan fingerprint density at radius 3 is 3.00 bits per heavy atom. The van der Waals surface area contributed by atoms with E-state index in [1.54, 1.807) is 6.07 Å². The molecule has 2 rings (SSSR count). The van der Waals surface area contributed by atoms with Crippen molar-refractivity contribution in [3.05, 3.63) is 23.8 Å². The van der Waals surface area contributed by atoms with Gasteiger partial charge in [-0.05, 0) is 18.6 Å². The summed E-state index contributed by atoms with van der Waals surface area (Å²) in [5.41, 5.74) is 13.2. The van der Waals surface area contributed by atoms with Crippen molar-refractivity contribution in [1.29, 1.82) is 0 Å². The van der Waals surface area contributed by atoms with Gasteiger partial charge in [-0.15, -0.1) is 0 Å². The minimum absolute atomic E-state index is 0.416. The minimum atomic E-state index is -0.465. The van der Waals surface area contributed by atoms with E-state index in [-0.39, 0.29) is 0 Å². The lowest BCUT2D eigenvalue weighted by molar-refractivity contribution is 0.100. The second-order valence-electron chi connectivity index (χ2n) is 4.45. The van der Waals surface area contributed by atoms with Gasteiger partial charge in [0.1, 0.15) is 0 Å². The second-order valence-corrected chi connectivity index (χ2v) is 5.86. The summed E-state index contributed by atoms with van der Waals surface area (Å²) in [6.45, 7) is 4.14. The summed E-state index contributed by atoms with van der Waals surface area (Å²) in [4.78, 5) is 13.6. The van der Waals surface area contributed by atoms with Gasteiger partial charge in [-0.2, -0.15) is 11.8 Å². The van der Waals surface area contributed by atoms with Crippen LogP contribution in [0.15, 0.2) is 18.2 Å². The van der Waals surface area contributed by atoms with Crippen LogP contribution in [0.2, 0.25) is 0 Å². The first-order valence-corrected chi connectivity index (χ1v) is 7.23. The first-order chi connectivity index (χ1) is 8.63. The van der Waals surface area contributed by atoms with Crippen LogP contribution in [0.3, 0.4) is 0 Å². The minimum Gasteiger partial charge on any atom is -0.396 e. The quantitative estimate of drug-likeness (QED) is 0.816. The molecular weight excluding hydrogens is 246 g/mol. The highest BCUT2D eigenvalue weighted by molar-refractivity contribution is 8.00. The maximum atomic E-state index is 11.3. The van der Waals surface area contributed by atoms with E-state index in [1.165, 1.54) is 0 Å². The standard InChI is InChI=1S/C13H19N3OS/c1-2-9-8-16(6-7-18-9)11-5-3-4-10(12(11)14)13(15)17/h3-5,9H,2,6-8,14H2,1H3,(H2,15,17). The topological polar surface area (TPSA) is 72.3 Å². The Balaban J connectivity index is 2.27. The molecule has 0 saturated carbocycles. The van der Waals surface area contributed by atoms with Crippen LogP contribution < -0.4 is 16.4 Å². The summed E-state index contributed by atoms with van der Waals surface area (Å²) in [7, 11) is 0. The van der Waals surface area contributed by atoms with E-state index in [0.29, 0.717) is 16.5 Å². The number of thioether (sulfide) groups is 1. The normalized spacial score (nSPS) is 19.8. The van der Waals surface area contributed by atoms with E-state index in [9.17, 15) is 4.79 Å². The molecule has 1 aliphatic heterocycles. The summed E-state index contributed by atoms with van der Waals surface area (Å²) >= 11 is 2.00. The molecular formula is C13H19N3OS. The lowest BCUT2D eigenvalue weighted by Crippen LogP contribution is -2.38. The molecule has 5 heteroatoms. The summed E-state index contributed by atoms with van der Waals surface area (Å²) in [6.07, 6.45) is 1.15. The smallest absolute Gasteiger partial charge is 0.250 e. The maximum Gasteiger partial charge on any atom is 0.250 e. The monoisotopic (exact) mass is 265 g/mol. The zero-order valence-corrected chi connectivity index (χ0v) is 11.4. The molecule has 1 saturated heterocycles. The number of rotatable bonds is 3.